The number of rotatable bonds is 4. The number of hydrogen-bond acceptors (Lipinski definition) is 3. The number of H-pyrrole nitrogens is 1. The van der Waals surface area contributed by atoms with E-state index in [0.29, 0.717) is 13.1 Å². The van der Waals surface area contributed by atoms with Crippen LogP contribution in [0.25, 0.3) is 0 Å². The Hall–Kier alpha value is -1.23. The first-order valence-corrected chi connectivity index (χ1v) is 6.37. The van der Waals surface area contributed by atoms with Crippen molar-refractivity contribution in [2.24, 2.45) is 0 Å². The van der Waals surface area contributed by atoms with Crippen molar-refractivity contribution >= 4 is 0 Å². The standard InChI is InChI=1S/C13H20FN3O/c1-9(2)11-10(6-15-12(18)16-11)4-5-17-7-13(3,14)8-17/h6,9H,4-5,7-8H2,1-3H3,(H,15,16,18). The molecule has 0 aliphatic carbocycles. The molecule has 1 fully saturated rings. The fourth-order valence-electron chi connectivity index (χ4n) is 2.47. The highest BCUT2D eigenvalue weighted by atomic mass is 19.1. The molecule has 2 rings (SSSR count). The summed E-state index contributed by atoms with van der Waals surface area (Å²) in [5.74, 6) is 0.263. The van der Waals surface area contributed by atoms with Crippen molar-refractivity contribution in [1.29, 1.82) is 0 Å². The van der Waals surface area contributed by atoms with Crippen LogP contribution in [0.5, 0.6) is 0 Å². The Balaban J connectivity index is 1.99. The van der Waals surface area contributed by atoms with E-state index in [1.807, 2.05) is 13.8 Å². The maximum atomic E-state index is 13.3. The topological polar surface area (TPSA) is 49.0 Å². The van der Waals surface area contributed by atoms with E-state index < -0.39 is 5.67 Å². The minimum absolute atomic E-state index is 0.263. The van der Waals surface area contributed by atoms with Gasteiger partial charge in [-0.25, -0.2) is 14.2 Å². The number of halogens is 1. The van der Waals surface area contributed by atoms with Crippen molar-refractivity contribution in [2.45, 2.75) is 38.8 Å². The second-order valence-electron chi connectivity index (χ2n) is 5.66. The third kappa shape index (κ3) is 2.96. The van der Waals surface area contributed by atoms with Crippen LogP contribution in [0.4, 0.5) is 4.39 Å². The number of aromatic amines is 1. The van der Waals surface area contributed by atoms with Crippen LogP contribution in [-0.4, -0.2) is 40.2 Å². The molecule has 0 amide bonds. The summed E-state index contributed by atoms with van der Waals surface area (Å²) in [7, 11) is 0. The fourth-order valence-corrected chi connectivity index (χ4v) is 2.47. The molecule has 1 N–H and O–H groups in total. The van der Waals surface area contributed by atoms with Crippen molar-refractivity contribution in [2.75, 3.05) is 19.6 Å². The third-order valence-electron chi connectivity index (χ3n) is 3.31. The lowest BCUT2D eigenvalue weighted by Crippen LogP contribution is -2.57. The number of alkyl halides is 1. The number of hydrogen-bond donors (Lipinski definition) is 1. The lowest BCUT2D eigenvalue weighted by atomic mass is 9.97. The van der Waals surface area contributed by atoms with Gasteiger partial charge in [-0.3, -0.25) is 4.90 Å². The van der Waals surface area contributed by atoms with Gasteiger partial charge in [-0.1, -0.05) is 13.8 Å². The first-order valence-electron chi connectivity index (χ1n) is 6.37. The van der Waals surface area contributed by atoms with E-state index in [2.05, 4.69) is 14.9 Å². The van der Waals surface area contributed by atoms with E-state index in [0.717, 1.165) is 24.2 Å². The molecule has 100 valence electrons. The Labute approximate surface area is 106 Å². The van der Waals surface area contributed by atoms with Crippen molar-refractivity contribution in [3.05, 3.63) is 27.9 Å². The molecule has 0 atom stereocenters. The molecule has 1 aliphatic rings. The maximum Gasteiger partial charge on any atom is 0.345 e. The maximum absolute atomic E-state index is 13.3. The van der Waals surface area contributed by atoms with E-state index in [1.165, 1.54) is 0 Å². The first kappa shape index (κ1) is 13.2. The number of nitrogens with zero attached hydrogens (tertiary/aromatic N) is 2. The summed E-state index contributed by atoms with van der Waals surface area (Å²) < 4.78 is 13.3. The van der Waals surface area contributed by atoms with Gasteiger partial charge in [0.15, 0.2) is 0 Å². The SMILES string of the molecule is CC(C)c1[nH]c(=O)ncc1CCN1CC(C)(F)C1. The Morgan fingerprint density at radius 1 is 1.56 bits per heavy atom. The number of aromatic nitrogens is 2. The van der Waals surface area contributed by atoms with E-state index in [4.69, 9.17) is 0 Å². The van der Waals surface area contributed by atoms with E-state index in [1.54, 1.807) is 13.1 Å². The van der Waals surface area contributed by atoms with Gasteiger partial charge in [-0.2, -0.15) is 0 Å². The molecule has 0 radical (unpaired) electrons. The Morgan fingerprint density at radius 3 is 2.78 bits per heavy atom. The Morgan fingerprint density at radius 2 is 2.22 bits per heavy atom. The van der Waals surface area contributed by atoms with E-state index in [9.17, 15) is 9.18 Å². The van der Waals surface area contributed by atoms with Gasteiger partial charge >= 0.3 is 5.69 Å². The highest BCUT2D eigenvalue weighted by molar-refractivity contribution is 5.19. The van der Waals surface area contributed by atoms with Gasteiger partial charge < -0.3 is 4.98 Å². The molecule has 0 aromatic carbocycles. The zero-order valence-electron chi connectivity index (χ0n) is 11.2. The predicted octanol–water partition coefficient (Wildman–Crippen LogP) is 1.48. The van der Waals surface area contributed by atoms with Gasteiger partial charge in [-0.05, 0) is 24.8 Å². The van der Waals surface area contributed by atoms with Crippen LogP contribution < -0.4 is 5.69 Å². The van der Waals surface area contributed by atoms with Crippen molar-refractivity contribution in [3.8, 4) is 0 Å². The zero-order valence-corrected chi connectivity index (χ0v) is 11.2. The molecule has 18 heavy (non-hydrogen) atoms. The second kappa shape index (κ2) is 4.80. The van der Waals surface area contributed by atoms with Crippen LogP contribution in [0.2, 0.25) is 0 Å². The predicted molar refractivity (Wildman–Crippen MR) is 68.6 cm³/mol. The van der Waals surface area contributed by atoms with Crippen LogP contribution in [0.1, 0.15) is 37.9 Å². The summed E-state index contributed by atoms with van der Waals surface area (Å²) in [5, 5.41) is 0. The van der Waals surface area contributed by atoms with Gasteiger partial charge in [0.05, 0.1) is 0 Å². The molecule has 0 bridgehead atoms. The zero-order chi connectivity index (χ0) is 13.3. The highest BCUT2D eigenvalue weighted by Gasteiger charge is 2.38. The van der Waals surface area contributed by atoms with Gasteiger partial charge in [0.2, 0.25) is 0 Å². The lowest BCUT2D eigenvalue weighted by molar-refractivity contribution is -0.0163. The van der Waals surface area contributed by atoms with Crippen LogP contribution >= 0.6 is 0 Å². The van der Waals surface area contributed by atoms with Gasteiger partial charge in [-0.15, -0.1) is 0 Å². The largest absolute Gasteiger partial charge is 0.345 e. The van der Waals surface area contributed by atoms with Crippen molar-refractivity contribution < 1.29 is 4.39 Å². The molecule has 1 aromatic heterocycles. The molecule has 1 aromatic rings. The van der Waals surface area contributed by atoms with Crippen LogP contribution in [0.15, 0.2) is 11.0 Å². The number of likely N-dealkylation sites (tertiary alicyclic amines) is 1. The quantitative estimate of drug-likeness (QED) is 0.884. The molecule has 4 nitrogen and oxygen atoms in total. The minimum Gasteiger partial charge on any atom is -0.309 e. The Kier molecular flexibility index (Phi) is 3.52. The fraction of sp³-hybridized carbons (Fsp3) is 0.692. The van der Waals surface area contributed by atoms with E-state index >= 15 is 0 Å². The molecule has 5 heteroatoms. The van der Waals surface area contributed by atoms with Gasteiger partial charge in [0.1, 0.15) is 5.67 Å². The minimum atomic E-state index is -1.02. The van der Waals surface area contributed by atoms with Crippen molar-refractivity contribution in [3.63, 3.8) is 0 Å². The summed E-state index contributed by atoms with van der Waals surface area (Å²) in [6.07, 6.45) is 2.44. The smallest absolute Gasteiger partial charge is 0.309 e. The normalized spacial score (nSPS) is 18.9. The third-order valence-corrected chi connectivity index (χ3v) is 3.31. The molecule has 0 spiro atoms. The summed E-state index contributed by atoms with van der Waals surface area (Å²) in [6, 6.07) is 0. The summed E-state index contributed by atoms with van der Waals surface area (Å²) in [6.45, 7) is 7.52. The summed E-state index contributed by atoms with van der Waals surface area (Å²) in [5.41, 5.74) is 0.669. The van der Waals surface area contributed by atoms with Crippen LogP contribution in [-0.2, 0) is 6.42 Å². The first-order chi connectivity index (χ1) is 8.37. The molecule has 0 saturated carbocycles. The highest BCUT2D eigenvalue weighted by Crippen LogP contribution is 2.24. The molecule has 1 saturated heterocycles. The molecule has 1 aliphatic heterocycles. The van der Waals surface area contributed by atoms with Gasteiger partial charge in [0, 0.05) is 31.5 Å². The molecule has 0 unspecified atom stereocenters. The monoisotopic (exact) mass is 253 g/mol. The second-order valence-corrected chi connectivity index (χ2v) is 5.66. The van der Waals surface area contributed by atoms with Crippen LogP contribution in [0.3, 0.4) is 0 Å². The molecule has 2 heterocycles. The van der Waals surface area contributed by atoms with Crippen molar-refractivity contribution in [1.82, 2.24) is 14.9 Å². The molecular weight excluding hydrogens is 233 g/mol. The summed E-state index contributed by atoms with van der Waals surface area (Å²) >= 11 is 0. The lowest BCUT2D eigenvalue weighted by Gasteiger charge is -2.42. The Bertz CT molecular complexity index is 473. The average molecular weight is 253 g/mol. The average Bonchev–Trinajstić information content (AvgIpc) is 2.24. The summed E-state index contributed by atoms with van der Waals surface area (Å²) in [4.78, 5) is 19.9. The molecular formula is C13H20FN3O. The number of nitrogens with one attached hydrogen (secondary N) is 1. The van der Waals surface area contributed by atoms with Crippen LogP contribution in [0, 0.1) is 0 Å². The van der Waals surface area contributed by atoms with Gasteiger partial charge in [0.25, 0.3) is 0 Å². The van der Waals surface area contributed by atoms with E-state index in [-0.39, 0.29) is 11.6 Å².